The maximum Gasteiger partial charge on any atom is 0.423 e. The number of nitrogens with one attached hydrogen (secondary N) is 2. The summed E-state index contributed by atoms with van der Waals surface area (Å²) in [4.78, 5) is 11.0. The van der Waals surface area contributed by atoms with Crippen molar-refractivity contribution in [1.29, 1.82) is 0 Å². The van der Waals surface area contributed by atoms with Gasteiger partial charge in [0.1, 0.15) is 5.56 Å². The Morgan fingerprint density at radius 1 is 1.62 bits per heavy atom. The topological polar surface area (TPSA) is 83.8 Å². The SMILES string of the molecule is CC(CN)Nc1cn[nH]c(=O)c1C(F)(F)F. The van der Waals surface area contributed by atoms with Gasteiger partial charge in [-0.15, -0.1) is 0 Å². The Bertz CT molecular complexity index is 414. The van der Waals surface area contributed by atoms with Gasteiger partial charge in [-0.25, -0.2) is 5.10 Å². The number of aromatic amines is 1. The summed E-state index contributed by atoms with van der Waals surface area (Å²) in [5.74, 6) is 0. The van der Waals surface area contributed by atoms with E-state index in [0.29, 0.717) is 0 Å². The summed E-state index contributed by atoms with van der Waals surface area (Å²) in [6, 6.07) is -0.385. The lowest BCUT2D eigenvalue weighted by molar-refractivity contribution is -0.138. The molecule has 90 valence electrons. The van der Waals surface area contributed by atoms with Gasteiger partial charge in [0.25, 0.3) is 5.56 Å². The highest BCUT2D eigenvalue weighted by molar-refractivity contribution is 5.50. The molecule has 0 aromatic carbocycles. The van der Waals surface area contributed by atoms with E-state index in [1.807, 2.05) is 0 Å². The van der Waals surface area contributed by atoms with Crippen molar-refractivity contribution in [2.45, 2.75) is 19.1 Å². The number of rotatable bonds is 3. The van der Waals surface area contributed by atoms with Crippen molar-refractivity contribution in [3.05, 3.63) is 22.1 Å². The Labute approximate surface area is 88.8 Å². The average Bonchev–Trinajstić information content (AvgIpc) is 2.15. The maximum absolute atomic E-state index is 12.5. The molecule has 1 rings (SSSR count). The van der Waals surface area contributed by atoms with E-state index in [2.05, 4.69) is 10.4 Å². The highest BCUT2D eigenvalue weighted by atomic mass is 19.4. The molecule has 5 nitrogen and oxygen atoms in total. The third-order valence-electron chi connectivity index (χ3n) is 1.90. The quantitative estimate of drug-likeness (QED) is 0.715. The molecular weight excluding hydrogens is 225 g/mol. The van der Waals surface area contributed by atoms with E-state index in [-0.39, 0.29) is 18.3 Å². The Morgan fingerprint density at radius 3 is 2.75 bits per heavy atom. The van der Waals surface area contributed by atoms with Gasteiger partial charge >= 0.3 is 6.18 Å². The summed E-state index contributed by atoms with van der Waals surface area (Å²) in [6.45, 7) is 1.74. The number of halogens is 3. The molecule has 0 aliphatic heterocycles. The first-order valence-electron chi connectivity index (χ1n) is 4.47. The zero-order chi connectivity index (χ0) is 12.3. The molecule has 0 amide bonds. The molecule has 0 radical (unpaired) electrons. The van der Waals surface area contributed by atoms with Crippen LogP contribution in [-0.4, -0.2) is 22.8 Å². The first-order valence-corrected chi connectivity index (χ1v) is 4.47. The molecule has 0 spiro atoms. The molecule has 0 saturated carbocycles. The predicted octanol–water partition coefficient (Wildman–Crippen LogP) is 0.548. The van der Waals surface area contributed by atoms with Gasteiger partial charge < -0.3 is 11.1 Å². The van der Waals surface area contributed by atoms with Crippen LogP contribution in [0.15, 0.2) is 11.0 Å². The van der Waals surface area contributed by atoms with Gasteiger partial charge in [0.2, 0.25) is 0 Å². The molecule has 0 bridgehead atoms. The minimum absolute atomic E-state index is 0.143. The monoisotopic (exact) mass is 236 g/mol. The highest BCUT2D eigenvalue weighted by Gasteiger charge is 2.37. The number of aromatic nitrogens is 2. The van der Waals surface area contributed by atoms with Crippen LogP contribution in [0, 0.1) is 0 Å². The molecule has 0 saturated heterocycles. The zero-order valence-electron chi connectivity index (χ0n) is 8.43. The molecule has 4 N–H and O–H groups in total. The van der Waals surface area contributed by atoms with Crippen LogP contribution in [0.2, 0.25) is 0 Å². The molecule has 1 aromatic heterocycles. The Balaban J connectivity index is 3.19. The lowest BCUT2D eigenvalue weighted by Crippen LogP contribution is -2.30. The van der Waals surface area contributed by atoms with Crippen molar-refractivity contribution < 1.29 is 13.2 Å². The van der Waals surface area contributed by atoms with Crippen LogP contribution < -0.4 is 16.6 Å². The average molecular weight is 236 g/mol. The predicted molar refractivity (Wildman–Crippen MR) is 52.0 cm³/mol. The van der Waals surface area contributed by atoms with Gasteiger partial charge in [0.05, 0.1) is 11.9 Å². The molecule has 1 aromatic rings. The Morgan fingerprint density at radius 2 is 2.25 bits per heavy atom. The van der Waals surface area contributed by atoms with Gasteiger partial charge in [-0.1, -0.05) is 0 Å². The first kappa shape index (κ1) is 12.5. The highest BCUT2D eigenvalue weighted by Crippen LogP contribution is 2.31. The van der Waals surface area contributed by atoms with Crippen molar-refractivity contribution in [2.24, 2.45) is 5.73 Å². The number of nitrogens with two attached hydrogens (primary N) is 1. The number of hydrogen-bond donors (Lipinski definition) is 3. The summed E-state index contributed by atoms with van der Waals surface area (Å²) in [5.41, 5.74) is 2.34. The van der Waals surface area contributed by atoms with Crippen LogP contribution >= 0.6 is 0 Å². The Kier molecular flexibility index (Phi) is 3.53. The largest absolute Gasteiger partial charge is 0.423 e. The van der Waals surface area contributed by atoms with E-state index < -0.39 is 17.3 Å². The zero-order valence-corrected chi connectivity index (χ0v) is 8.43. The summed E-state index contributed by atoms with van der Waals surface area (Å²) < 4.78 is 37.6. The van der Waals surface area contributed by atoms with E-state index in [4.69, 9.17) is 5.73 Å². The number of H-pyrrole nitrogens is 1. The minimum Gasteiger partial charge on any atom is -0.379 e. The Hall–Kier alpha value is -1.57. The molecule has 8 heteroatoms. The lowest BCUT2D eigenvalue weighted by atomic mass is 10.2. The second-order valence-corrected chi connectivity index (χ2v) is 3.27. The number of hydrogen-bond acceptors (Lipinski definition) is 4. The van der Waals surface area contributed by atoms with Crippen LogP contribution in [0.3, 0.4) is 0 Å². The fraction of sp³-hybridized carbons (Fsp3) is 0.500. The van der Waals surface area contributed by atoms with E-state index in [1.54, 1.807) is 12.0 Å². The van der Waals surface area contributed by atoms with Crippen LogP contribution in [0.4, 0.5) is 18.9 Å². The molecule has 0 fully saturated rings. The lowest BCUT2D eigenvalue weighted by Gasteiger charge is -2.16. The number of alkyl halides is 3. The molecular formula is C8H11F3N4O. The molecule has 16 heavy (non-hydrogen) atoms. The van der Waals surface area contributed by atoms with Crippen molar-refractivity contribution in [1.82, 2.24) is 10.2 Å². The van der Waals surface area contributed by atoms with Crippen molar-refractivity contribution in [3.8, 4) is 0 Å². The van der Waals surface area contributed by atoms with E-state index in [0.717, 1.165) is 6.20 Å². The number of nitrogens with zero attached hydrogens (tertiary/aromatic N) is 1. The van der Waals surface area contributed by atoms with Crippen molar-refractivity contribution >= 4 is 5.69 Å². The molecule has 0 aliphatic rings. The number of anilines is 1. The minimum atomic E-state index is -4.73. The van der Waals surface area contributed by atoms with E-state index in [9.17, 15) is 18.0 Å². The van der Waals surface area contributed by atoms with Crippen LogP contribution in [0.1, 0.15) is 12.5 Å². The van der Waals surface area contributed by atoms with Gasteiger partial charge in [-0.3, -0.25) is 4.79 Å². The molecule has 1 unspecified atom stereocenters. The smallest absolute Gasteiger partial charge is 0.379 e. The molecule has 1 heterocycles. The standard InChI is InChI=1S/C8H11F3N4O/c1-4(2-12)14-5-3-13-15-7(16)6(5)8(9,10)11/h3-4H,2,12H2,1H3,(H2,14,15,16). The summed E-state index contributed by atoms with van der Waals surface area (Å²) in [5, 5.41) is 7.53. The maximum atomic E-state index is 12.5. The van der Waals surface area contributed by atoms with Crippen LogP contribution in [0.25, 0.3) is 0 Å². The van der Waals surface area contributed by atoms with Crippen molar-refractivity contribution in [2.75, 3.05) is 11.9 Å². The van der Waals surface area contributed by atoms with Gasteiger partial charge in [-0.2, -0.15) is 18.3 Å². The van der Waals surface area contributed by atoms with Crippen LogP contribution in [-0.2, 0) is 6.18 Å². The normalized spacial score (nSPS) is 13.6. The first-order chi connectivity index (χ1) is 7.36. The summed E-state index contributed by atoms with van der Waals surface area (Å²) >= 11 is 0. The van der Waals surface area contributed by atoms with Crippen LogP contribution in [0.5, 0.6) is 0 Å². The second kappa shape index (κ2) is 4.52. The van der Waals surface area contributed by atoms with Crippen molar-refractivity contribution in [3.63, 3.8) is 0 Å². The third-order valence-corrected chi connectivity index (χ3v) is 1.90. The third kappa shape index (κ3) is 2.72. The molecule has 1 atom stereocenters. The second-order valence-electron chi connectivity index (χ2n) is 3.27. The van der Waals surface area contributed by atoms with E-state index in [1.165, 1.54) is 0 Å². The fourth-order valence-electron chi connectivity index (χ4n) is 1.11. The fourth-order valence-corrected chi connectivity index (χ4v) is 1.11. The summed E-state index contributed by atoms with van der Waals surface area (Å²) in [7, 11) is 0. The molecule has 0 aliphatic carbocycles. The van der Waals surface area contributed by atoms with Gasteiger partial charge in [0, 0.05) is 12.6 Å². The van der Waals surface area contributed by atoms with E-state index >= 15 is 0 Å². The summed E-state index contributed by atoms with van der Waals surface area (Å²) in [6.07, 6.45) is -3.82. The van der Waals surface area contributed by atoms with Gasteiger partial charge in [-0.05, 0) is 6.92 Å². The van der Waals surface area contributed by atoms with Gasteiger partial charge in [0.15, 0.2) is 0 Å².